The van der Waals surface area contributed by atoms with Crippen LogP contribution in [-0.2, 0) is 22.7 Å². The van der Waals surface area contributed by atoms with Gasteiger partial charge in [-0.3, -0.25) is 23.9 Å². The van der Waals surface area contributed by atoms with Crippen molar-refractivity contribution in [2.24, 2.45) is 0 Å². The molecule has 0 saturated heterocycles. The van der Waals surface area contributed by atoms with Crippen molar-refractivity contribution in [3.63, 3.8) is 0 Å². The highest BCUT2D eigenvalue weighted by Crippen LogP contribution is 2.21. The molecule has 178 valence electrons. The molecule has 4 rings (SSSR count). The Kier molecular flexibility index (Phi) is 6.73. The van der Waals surface area contributed by atoms with Crippen molar-refractivity contribution in [3.05, 3.63) is 99.6 Å². The van der Waals surface area contributed by atoms with E-state index in [0.717, 1.165) is 11.1 Å². The number of nitrogens with one attached hydrogen (secondary N) is 1. The number of carbonyl (C=O) groups is 2. The Bertz CT molecular complexity index is 1460. The van der Waals surface area contributed by atoms with E-state index in [9.17, 15) is 18.8 Å². The van der Waals surface area contributed by atoms with E-state index in [1.165, 1.54) is 28.5 Å². The van der Waals surface area contributed by atoms with E-state index in [1.54, 1.807) is 36.4 Å². The summed E-state index contributed by atoms with van der Waals surface area (Å²) in [6, 6.07) is 18.3. The first kappa shape index (κ1) is 23.8. The molecule has 7 nitrogen and oxygen atoms in total. The second kappa shape index (κ2) is 9.89. The number of nitrogens with zero attached hydrogens (tertiary/aromatic N) is 3. The van der Waals surface area contributed by atoms with E-state index in [2.05, 4.69) is 10.3 Å². The third kappa shape index (κ3) is 5.11. The van der Waals surface area contributed by atoms with Crippen molar-refractivity contribution >= 4 is 34.4 Å². The summed E-state index contributed by atoms with van der Waals surface area (Å²) in [6.07, 6.45) is 0. The van der Waals surface area contributed by atoms with Gasteiger partial charge in [0.25, 0.3) is 5.56 Å². The molecule has 0 aliphatic rings. The maximum Gasteiger partial charge on any atom is 0.294 e. The summed E-state index contributed by atoms with van der Waals surface area (Å²) in [6.45, 7) is 4.90. The molecule has 1 aromatic heterocycles. The zero-order chi connectivity index (χ0) is 25.1. The molecule has 0 fully saturated rings. The molecule has 0 aliphatic carbocycles. The van der Waals surface area contributed by atoms with Gasteiger partial charge >= 0.3 is 0 Å². The van der Waals surface area contributed by atoms with Crippen LogP contribution in [0.15, 0.2) is 71.5 Å². The van der Waals surface area contributed by atoms with Gasteiger partial charge in [-0.25, -0.2) is 9.37 Å². The van der Waals surface area contributed by atoms with E-state index in [-0.39, 0.29) is 24.8 Å². The average Bonchev–Trinajstić information content (AvgIpc) is 2.83. The maximum atomic E-state index is 13.6. The van der Waals surface area contributed by atoms with E-state index >= 15 is 0 Å². The van der Waals surface area contributed by atoms with E-state index in [4.69, 9.17) is 0 Å². The Morgan fingerprint density at radius 1 is 0.971 bits per heavy atom. The van der Waals surface area contributed by atoms with Gasteiger partial charge in [-0.15, -0.1) is 0 Å². The molecule has 3 aromatic carbocycles. The van der Waals surface area contributed by atoms with Crippen LogP contribution in [0, 0.1) is 19.7 Å². The summed E-state index contributed by atoms with van der Waals surface area (Å²) < 4.78 is 14.7. The minimum atomic E-state index is -0.572. The minimum Gasteiger partial charge on any atom is -0.324 e. The average molecular weight is 473 g/mol. The number of amides is 2. The highest BCUT2D eigenvalue weighted by atomic mass is 19.1. The molecule has 0 unspecified atom stereocenters. The van der Waals surface area contributed by atoms with Crippen molar-refractivity contribution in [1.29, 1.82) is 0 Å². The molecule has 4 aromatic rings. The van der Waals surface area contributed by atoms with Crippen LogP contribution in [0.5, 0.6) is 0 Å². The van der Waals surface area contributed by atoms with Gasteiger partial charge in [0.05, 0.1) is 17.6 Å². The number of aryl methyl sites for hydroxylation is 2. The maximum absolute atomic E-state index is 13.6. The van der Waals surface area contributed by atoms with Crippen LogP contribution in [0.25, 0.3) is 11.0 Å². The van der Waals surface area contributed by atoms with E-state index in [1.807, 2.05) is 32.0 Å². The van der Waals surface area contributed by atoms with Crippen LogP contribution in [0.4, 0.5) is 15.9 Å². The summed E-state index contributed by atoms with van der Waals surface area (Å²) in [4.78, 5) is 44.8. The van der Waals surface area contributed by atoms with E-state index in [0.29, 0.717) is 22.3 Å². The standard InChI is InChI=1S/C27H25FN4O3/c1-17-7-6-8-18(2)25(17)30-24(34)16-32-23-10-5-4-9-22(23)29-26(27(32)35)31(19(3)33)15-20-11-13-21(28)14-12-20/h4-14H,15-16H2,1-3H3,(H,30,34). The highest BCUT2D eigenvalue weighted by molar-refractivity contribution is 5.94. The Hall–Kier alpha value is -4.33. The summed E-state index contributed by atoms with van der Waals surface area (Å²) in [7, 11) is 0. The van der Waals surface area contributed by atoms with Gasteiger partial charge in [-0.1, -0.05) is 42.5 Å². The number of benzene rings is 3. The van der Waals surface area contributed by atoms with Gasteiger partial charge in [0.15, 0.2) is 0 Å². The molecular formula is C27H25FN4O3. The van der Waals surface area contributed by atoms with Crippen LogP contribution in [0.1, 0.15) is 23.6 Å². The van der Waals surface area contributed by atoms with Gasteiger partial charge in [-0.2, -0.15) is 0 Å². The van der Waals surface area contributed by atoms with Gasteiger partial charge in [0.2, 0.25) is 17.6 Å². The molecule has 0 radical (unpaired) electrons. The Morgan fingerprint density at radius 2 is 1.63 bits per heavy atom. The number of hydrogen-bond acceptors (Lipinski definition) is 4. The molecule has 0 spiro atoms. The summed E-state index contributed by atoms with van der Waals surface area (Å²) >= 11 is 0. The van der Waals surface area contributed by atoms with Gasteiger partial charge in [0.1, 0.15) is 12.4 Å². The first-order valence-corrected chi connectivity index (χ1v) is 11.1. The Morgan fingerprint density at radius 3 is 2.29 bits per heavy atom. The quantitative estimate of drug-likeness (QED) is 0.452. The lowest BCUT2D eigenvalue weighted by atomic mass is 10.1. The zero-order valence-corrected chi connectivity index (χ0v) is 19.7. The smallest absolute Gasteiger partial charge is 0.294 e. The number of para-hydroxylation sites is 3. The second-order valence-electron chi connectivity index (χ2n) is 8.36. The first-order valence-electron chi connectivity index (χ1n) is 11.1. The second-order valence-corrected chi connectivity index (χ2v) is 8.36. The molecule has 0 saturated carbocycles. The molecule has 8 heteroatoms. The van der Waals surface area contributed by atoms with Crippen LogP contribution >= 0.6 is 0 Å². The molecule has 35 heavy (non-hydrogen) atoms. The van der Waals surface area contributed by atoms with Gasteiger partial charge < -0.3 is 5.32 Å². The molecule has 2 amide bonds. The molecule has 0 bridgehead atoms. The summed E-state index contributed by atoms with van der Waals surface area (Å²) in [5.74, 6) is -1.27. The fourth-order valence-corrected chi connectivity index (χ4v) is 3.95. The lowest BCUT2D eigenvalue weighted by Crippen LogP contribution is -2.38. The van der Waals surface area contributed by atoms with Crippen molar-refractivity contribution in [3.8, 4) is 0 Å². The predicted molar refractivity (Wildman–Crippen MR) is 134 cm³/mol. The number of halogens is 1. The van der Waals surface area contributed by atoms with Crippen LogP contribution < -0.4 is 15.8 Å². The van der Waals surface area contributed by atoms with Crippen molar-refractivity contribution in [1.82, 2.24) is 9.55 Å². The zero-order valence-electron chi connectivity index (χ0n) is 19.7. The third-order valence-electron chi connectivity index (χ3n) is 5.77. The SMILES string of the molecule is CC(=O)N(Cc1ccc(F)cc1)c1nc2ccccc2n(CC(=O)Nc2c(C)cccc2C)c1=O. The Balaban J connectivity index is 1.75. The fraction of sp³-hybridized carbons (Fsp3) is 0.185. The number of hydrogen-bond donors (Lipinski definition) is 1. The largest absolute Gasteiger partial charge is 0.324 e. The van der Waals surface area contributed by atoms with Crippen LogP contribution in [-0.4, -0.2) is 21.4 Å². The predicted octanol–water partition coefficient (Wildman–Crippen LogP) is 4.34. The lowest BCUT2D eigenvalue weighted by Gasteiger charge is -2.22. The normalized spacial score (nSPS) is 10.9. The third-order valence-corrected chi connectivity index (χ3v) is 5.77. The Labute approximate surface area is 201 Å². The molecule has 1 N–H and O–H groups in total. The molecule has 1 heterocycles. The molecule has 0 atom stereocenters. The number of aromatic nitrogens is 2. The number of carbonyl (C=O) groups excluding carboxylic acids is 2. The number of rotatable bonds is 6. The topological polar surface area (TPSA) is 84.3 Å². The monoisotopic (exact) mass is 472 g/mol. The van der Waals surface area contributed by atoms with Gasteiger partial charge in [0, 0.05) is 12.6 Å². The summed E-state index contributed by atoms with van der Waals surface area (Å²) in [5, 5.41) is 2.90. The van der Waals surface area contributed by atoms with Gasteiger partial charge in [-0.05, 0) is 54.8 Å². The summed E-state index contributed by atoms with van der Waals surface area (Å²) in [5.41, 5.74) is 3.52. The number of fused-ring (bicyclic) bond motifs is 1. The fourth-order valence-electron chi connectivity index (χ4n) is 3.95. The van der Waals surface area contributed by atoms with Crippen molar-refractivity contribution in [2.75, 3.05) is 10.2 Å². The molecule has 0 aliphatic heterocycles. The lowest BCUT2D eigenvalue weighted by molar-refractivity contribution is -0.117. The van der Waals surface area contributed by atoms with Crippen LogP contribution in [0.3, 0.4) is 0 Å². The number of anilines is 2. The molecular weight excluding hydrogens is 447 g/mol. The van der Waals surface area contributed by atoms with E-state index < -0.39 is 17.3 Å². The highest BCUT2D eigenvalue weighted by Gasteiger charge is 2.22. The van der Waals surface area contributed by atoms with Crippen LogP contribution in [0.2, 0.25) is 0 Å². The van der Waals surface area contributed by atoms with Crippen molar-refractivity contribution < 1.29 is 14.0 Å². The van der Waals surface area contributed by atoms with Crippen molar-refractivity contribution in [2.45, 2.75) is 33.9 Å². The minimum absolute atomic E-state index is 0.0325. The first-order chi connectivity index (χ1) is 16.7.